The van der Waals surface area contributed by atoms with Crippen LogP contribution in [0.3, 0.4) is 0 Å². The Bertz CT molecular complexity index is 1000. The SMILES string of the molecule is Cc1cnc(-c2cccnc2)n1C1CCN(S(=O)(=O)c2ccccc2)C1. The Morgan fingerprint density at radius 3 is 2.62 bits per heavy atom. The average molecular weight is 368 g/mol. The molecule has 134 valence electrons. The Balaban J connectivity index is 1.64. The van der Waals surface area contributed by atoms with Crippen LogP contribution in [0.15, 0.2) is 66.0 Å². The van der Waals surface area contributed by atoms with Gasteiger partial charge in [0.1, 0.15) is 5.82 Å². The van der Waals surface area contributed by atoms with E-state index in [1.807, 2.05) is 31.3 Å². The van der Waals surface area contributed by atoms with Crippen LogP contribution in [0, 0.1) is 6.92 Å². The first-order valence-electron chi connectivity index (χ1n) is 8.57. The Morgan fingerprint density at radius 2 is 1.88 bits per heavy atom. The molecule has 3 heterocycles. The topological polar surface area (TPSA) is 68.1 Å². The molecule has 0 bridgehead atoms. The second kappa shape index (κ2) is 6.66. The highest BCUT2D eigenvalue weighted by atomic mass is 32.2. The van der Waals surface area contributed by atoms with Crippen LogP contribution in [0.2, 0.25) is 0 Å². The predicted octanol–water partition coefficient (Wildman–Crippen LogP) is 2.89. The molecule has 2 aromatic heterocycles. The molecule has 0 spiro atoms. The van der Waals surface area contributed by atoms with Crippen molar-refractivity contribution in [3.8, 4) is 11.4 Å². The second-order valence-electron chi connectivity index (χ2n) is 6.45. The lowest BCUT2D eigenvalue weighted by atomic mass is 10.2. The minimum atomic E-state index is -3.47. The van der Waals surface area contributed by atoms with E-state index in [-0.39, 0.29) is 6.04 Å². The molecule has 26 heavy (non-hydrogen) atoms. The first kappa shape index (κ1) is 16.9. The van der Waals surface area contributed by atoms with Crippen molar-refractivity contribution in [2.75, 3.05) is 13.1 Å². The van der Waals surface area contributed by atoms with Crippen molar-refractivity contribution in [1.29, 1.82) is 0 Å². The zero-order chi connectivity index (χ0) is 18.1. The summed E-state index contributed by atoms with van der Waals surface area (Å²) in [7, 11) is -3.47. The molecular formula is C19H20N4O2S. The number of aryl methyl sites for hydroxylation is 1. The summed E-state index contributed by atoms with van der Waals surface area (Å²) in [6, 6.07) is 12.5. The fraction of sp³-hybridized carbons (Fsp3) is 0.263. The standard InChI is InChI=1S/C19H20N4O2S/c1-15-12-21-19(16-6-5-10-20-13-16)23(15)17-9-11-22(14-17)26(24,25)18-7-3-2-4-8-18/h2-8,10,12-13,17H,9,11,14H2,1H3. The quantitative estimate of drug-likeness (QED) is 0.710. The number of sulfonamides is 1. The molecule has 1 atom stereocenters. The molecule has 4 rings (SSSR count). The minimum Gasteiger partial charge on any atom is -0.324 e. The van der Waals surface area contributed by atoms with Crippen LogP contribution in [0.1, 0.15) is 18.2 Å². The summed E-state index contributed by atoms with van der Waals surface area (Å²) < 4.78 is 29.5. The van der Waals surface area contributed by atoms with Gasteiger partial charge in [-0.15, -0.1) is 0 Å². The zero-order valence-corrected chi connectivity index (χ0v) is 15.3. The Kier molecular flexibility index (Phi) is 4.34. The number of hydrogen-bond acceptors (Lipinski definition) is 4. The highest BCUT2D eigenvalue weighted by molar-refractivity contribution is 7.89. The maximum Gasteiger partial charge on any atom is 0.243 e. The van der Waals surface area contributed by atoms with Gasteiger partial charge in [0.25, 0.3) is 0 Å². The normalized spacial score (nSPS) is 18.3. The van der Waals surface area contributed by atoms with Gasteiger partial charge in [-0.1, -0.05) is 18.2 Å². The molecule has 1 saturated heterocycles. The summed E-state index contributed by atoms with van der Waals surface area (Å²) in [5.41, 5.74) is 1.96. The molecule has 1 aliphatic rings. The largest absolute Gasteiger partial charge is 0.324 e. The van der Waals surface area contributed by atoms with Crippen molar-refractivity contribution in [2.45, 2.75) is 24.3 Å². The third kappa shape index (κ3) is 2.93. The second-order valence-corrected chi connectivity index (χ2v) is 8.39. The fourth-order valence-corrected chi connectivity index (χ4v) is 5.01. The lowest BCUT2D eigenvalue weighted by molar-refractivity contribution is 0.450. The number of benzene rings is 1. The van der Waals surface area contributed by atoms with E-state index in [0.29, 0.717) is 18.0 Å². The zero-order valence-electron chi connectivity index (χ0n) is 14.5. The van der Waals surface area contributed by atoms with Crippen LogP contribution in [0.4, 0.5) is 0 Å². The third-order valence-corrected chi connectivity index (χ3v) is 6.65. The van der Waals surface area contributed by atoms with E-state index in [0.717, 1.165) is 23.5 Å². The van der Waals surface area contributed by atoms with Crippen molar-refractivity contribution in [3.05, 3.63) is 66.7 Å². The molecule has 0 radical (unpaired) electrons. The van der Waals surface area contributed by atoms with Gasteiger partial charge in [-0.05, 0) is 37.6 Å². The van der Waals surface area contributed by atoms with Crippen molar-refractivity contribution in [2.24, 2.45) is 0 Å². The maximum atomic E-state index is 12.9. The van der Waals surface area contributed by atoms with E-state index >= 15 is 0 Å². The van der Waals surface area contributed by atoms with Crippen molar-refractivity contribution >= 4 is 10.0 Å². The highest BCUT2D eigenvalue weighted by Crippen LogP contribution is 2.32. The molecule has 1 aromatic carbocycles. The van der Waals surface area contributed by atoms with E-state index in [1.165, 1.54) is 0 Å². The Morgan fingerprint density at radius 1 is 1.08 bits per heavy atom. The van der Waals surface area contributed by atoms with Gasteiger partial charge in [0.2, 0.25) is 10.0 Å². The van der Waals surface area contributed by atoms with Crippen LogP contribution in [0.5, 0.6) is 0 Å². The summed E-state index contributed by atoms with van der Waals surface area (Å²) in [4.78, 5) is 9.05. The van der Waals surface area contributed by atoms with E-state index in [9.17, 15) is 8.42 Å². The number of pyridine rings is 1. The molecule has 3 aromatic rings. The van der Waals surface area contributed by atoms with Crippen LogP contribution < -0.4 is 0 Å². The molecule has 7 heteroatoms. The number of aromatic nitrogens is 3. The summed E-state index contributed by atoms with van der Waals surface area (Å²) in [6.45, 7) is 2.95. The lowest BCUT2D eigenvalue weighted by Gasteiger charge is -2.19. The molecule has 6 nitrogen and oxygen atoms in total. The summed E-state index contributed by atoms with van der Waals surface area (Å²) in [5, 5.41) is 0. The predicted molar refractivity (Wildman–Crippen MR) is 99.0 cm³/mol. The van der Waals surface area contributed by atoms with Crippen molar-refractivity contribution in [1.82, 2.24) is 18.8 Å². The molecule has 0 N–H and O–H groups in total. The maximum absolute atomic E-state index is 12.9. The van der Waals surface area contributed by atoms with Gasteiger partial charge < -0.3 is 4.57 Å². The van der Waals surface area contributed by atoms with Gasteiger partial charge >= 0.3 is 0 Å². The first-order valence-corrected chi connectivity index (χ1v) is 10.0. The van der Waals surface area contributed by atoms with Gasteiger partial charge in [-0.3, -0.25) is 4.98 Å². The molecule has 1 fully saturated rings. The van der Waals surface area contributed by atoms with Crippen molar-refractivity contribution in [3.63, 3.8) is 0 Å². The van der Waals surface area contributed by atoms with Gasteiger partial charge in [-0.2, -0.15) is 4.31 Å². The molecule has 1 aliphatic heterocycles. The van der Waals surface area contributed by atoms with Crippen LogP contribution in [-0.4, -0.2) is 40.3 Å². The number of rotatable bonds is 4. The lowest BCUT2D eigenvalue weighted by Crippen LogP contribution is -2.29. The monoisotopic (exact) mass is 368 g/mol. The summed E-state index contributed by atoms with van der Waals surface area (Å²) >= 11 is 0. The van der Waals surface area contributed by atoms with Crippen LogP contribution in [0.25, 0.3) is 11.4 Å². The molecule has 0 saturated carbocycles. The number of imidazole rings is 1. The third-order valence-electron chi connectivity index (χ3n) is 4.77. The fourth-order valence-electron chi connectivity index (χ4n) is 3.50. The minimum absolute atomic E-state index is 0.0613. The molecular weight excluding hydrogens is 348 g/mol. The van der Waals surface area contributed by atoms with Gasteiger partial charge in [-0.25, -0.2) is 13.4 Å². The van der Waals surface area contributed by atoms with Crippen LogP contribution >= 0.6 is 0 Å². The smallest absolute Gasteiger partial charge is 0.243 e. The van der Waals surface area contributed by atoms with Crippen molar-refractivity contribution < 1.29 is 8.42 Å². The summed E-state index contributed by atoms with van der Waals surface area (Å²) in [6.07, 6.45) is 6.10. The average Bonchev–Trinajstić information content (AvgIpc) is 3.30. The number of hydrogen-bond donors (Lipinski definition) is 0. The first-order chi connectivity index (χ1) is 12.6. The van der Waals surface area contributed by atoms with Gasteiger partial charge in [0.05, 0.1) is 10.9 Å². The molecule has 1 unspecified atom stereocenters. The van der Waals surface area contributed by atoms with E-state index in [4.69, 9.17) is 0 Å². The molecule has 0 aliphatic carbocycles. The van der Waals surface area contributed by atoms with Gasteiger partial charge in [0, 0.05) is 42.9 Å². The Labute approximate surface area is 153 Å². The van der Waals surface area contributed by atoms with E-state index in [1.54, 1.807) is 41.0 Å². The van der Waals surface area contributed by atoms with Crippen LogP contribution in [-0.2, 0) is 10.0 Å². The van der Waals surface area contributed by atoms with E-state index < -0.39 is 10.0 Å². The van der Waals surface area contributed by atoms with E-state index in [2.05, 4.69) is 14.5 Å². The van der Waals surface area contributed by atoms with Gasteiger partial charge in [0.15, 0.2) is 0 Å². The summed E-state index contributed by atoms with van der Waals surface area (Å²) in [5.74, 6) is 0.833. The Hall–Kier alpha value is -2.51. The highest BCUT2D eigenvalue weighted by Gasteiger charge is 2.34. The molecule has 0 amide bonds. The number of nitrogens with zero attached hydrogens (tertiary/aromatic N) is 4.